The van der Waals surface area contributed by atoms with Crippen LogP contribution in [0.15, 0.2) is 29.4 Å². The molecule has 0 amide bonds. The first kappa shape index (κ1) is 10.7. The zero-order valence-corrected chi connectivity index (χ0v) is 8.42. The molecule has 2 aromatic rings. The van der Waals surface area contributed by atoms with Gasteiger partial charge in [-0.15, -0.1) is 10.2 Å². The lowest BCUT2D eigenvalue weighted by atomic mass is 10.3. The van der Waals surface area contributed by atoms with Gasteiger partial charge in [0.25, 0.3) is 0 Å². The fourth-order valence-electron chi connectivity index (χ4n) is 1.06. The Hall–Kier alpha value is -2.82. The number of anilines is 1. The SMILES string of the molecule is N#C/C(=N\Nc1ccccc1F)c1nn[nH]n1. The molecule has 1 aromatic heterocycles. The van der Waals surface area contributed by atoms with Crippen molar-refractivity contribution >= 4 is 11.4 Å². The van der Waals surface area contributed by atoms with Crippen LogP contribution in [0.2, 0.25) is 0 Å². The van der Waals surface area contributed by atoms with E-state index in [1.54, 1.807) is 18.2 Å². The number of aromatic nitrogens is 4. The highest BCUT2D eigenvalue weighted by atomic mass is 19.1. The van der Waals surface area contributed by atoms with E-state index >= 15 is 0 Å². The highest BCUT2D eigenvalue weighted by Crippen LogP contribution is 2.12. The second kappa shape index (κ2) is 4.80. The van der Waals surface area contributed by atoms with Gasteiger partial charge in [0.1, 0.15) is 11.9 Å². The van der Waals surface area contributed by atoms with Crippen LogP contribution in [0.1, 0.15) is 5.82 Å². The topological polar surface area (TPSA) is 103 Å². The first-order chi connectivity index (χ1) is 8.31. The Morgan fingerprint density at radius 3 is 2.94 bits per heavy atom. The number of H-pyrrole nitrogens is 1. The van der Waals surface area contributed by atoms with Crippen LogP contribution < -0.4 is 5.43 Å². The first-order valence-corrected chi connectivity index (χ1v) is 4.53. The average Bonchev–Trinajstić information content (AvgIpc) is 2.86. The Morgan fingerprint density at radius 1 is 1.47 bits per heavy atom. The van der Waals surface area contributed by atoms with Gasteiger partial charge in [0.2, 0.25) is 11.5 Å². The molecule has 0 unspecified atom stereocenters. The van der Waals surface area contributed by atoms with Crippen molar-refractivity contribution in [2.45, 2.75) is 0 Å². The molecule has 0 aliphatic carbocycles. The summed E-state index contributed by atoms with van der Waals surface area (Å²) in [7, 11) is 0. The maximum absolute atomic E-state index is 13.2. The van der Waals surface area contributed by atoms with Crippen LogP contribution in [0.25, 0.3) is 0 Å². The second-order valence-corrected chi connectivity index (χ2v) is 2.90. The van der Waals surface area contributed by atoms with Crippen molar-refractivity contribution in [2.75, 3.05) is 5.43 Å². The second-order valence-electron chi connectivity index (χ2n) is 2.90. The molecule has 0 atom stereocenters. The summed E-state index contributed by atoms with van der Waals surface area (Å²) in [6.07, 6.45) is 0. The lowest BCUT2D eigenvalue weighted by Gasteiger charge is -2.00. The summed E-state index contributed by atoms with van der Waals surface area (Å²) in [4.78, 5) is 0. The van der Waals surface area contributed by atoms with Gasteiger partial charge in [-0.25, -0.2) is 4.39 Å². The molecule has 2 rings (SSSR count). The molecule has 0 aliphatic rings. The highest BCUT2D eigenvalue weighted by Gasteiger charge is 2.08. The van der Waals surface area contributed by atoms with Crippen LogP contribution in [0.4, 0.5) is 10.1 Å². The van der Waals surface area contributed by atoms with Crippen LogP contribution in [0, 0.1) is 17.1 Å². The first-order valence-electron chi connectivity index (χ1n) is 4.53. The van der Waals surface area contributed by atoms with Gasteiger partial charge in [-0.1, -0.05) is 12.1 Å². The standard InChI is InChI=1S/C9H6FN7/c10-6-3-1-2-4-7(6)12-13-8(5-11)9-14-16-17-15-9/h1-4,12H,(H,14,15,16,17)/b13-8+. The number of nitrogens with one attached hydrogen (secondary N) is 2. The Labute approximate surface area is 95.0 Å². The van der Waals surface area contributed by atoms with Gasteiger partial charge in [0, 0.05) is 0 Å². The fourth-order valence-corrected chi connectivity index (χ4v) is 1.06. The summed E-state index contributed by atoms with van der Waals surface area (Å²) < 4.78 is 13.2. The van der Waals surface area contributed by atoms with Crippen molar-refractivity contribution in [3.8, 4) is 6.07 Å². The third kappa shape index (κ3) is 2.40. The molecule has 84 valence electrons. The molecule has 2 N–H and O–H groups in total. The van der Waals surface area contributed by atoms with Crippen LogP contribution in [0.3, 0.4) is 0 Å². The van der Waals surface area contributed by atoms with Crippen molar-refractivity contribution in [2.24, 2.45) is 5.10 Å². The Morgan fingerprint density at radius 2 is 2.29 bits per heavy atom. The van der Waals surface area contributed by atoms with E-state index in [2.05, 4.69) is 31.2 Å². The molecule has 0 saturated carbocycles. The maximum Gasteiger partial charge on any atom is 0.235 e. The molecule has 17 heavy (non-hydrogen) atoms. The molecule has 7 nitrogen and oxygen atoms in total. The zero-order valence-electron chi connectivity index (χ0n) is 8.42. The Balaban J connectivity index is 2.21. The van der Waals surface area contributed by atoms with Gasteiger partial charge in [-0.2, -0.15) is 15.6 Å². The average molecular weight is 231 g/mol. The lowest BCUT2D eigenvalue weighted by Crippen LogP contribution is -2.04. The van der Waals surface area contributed by atoms with Crippen molar-refractivity contribution in [1.29, 1.82) is 5.26 Å². The summed E-state index contributed by atoms with van der Waals surface area (Å²) >= 11 is 0. The van der Waals surface area contributed by atoms with Crippen molar-refractivity contribution in [1.82, 2.24) is 20.6 Å². The van der Waals surface area contributed by atoms with Crippen LogP contribution in [-0.4, -0.2) is 26.3 Å². The summed E-state index contributed by atoms with van der Waals surface area (Å²) in [6.45, 7) is 0. The zero-order chi connectivity index (χ0) is 12.1. The third-order valence-corrected chi connectivity index (χ3v) is 1.83. The van der Waals surface area contributed by atoms with E-state index in [9.17, 15) is 4.39 Å². The fraction of sp³-hybridized carbons (Fsp3) is 0. The van der Waals surface area contributed by atoms with Gasteiger partial charge in [-0.3, -0.25) is 5.43 Å². The van der Waals surface area contributed by atoms with Gasteiger partial charge < -0.3 is 0 Å². The van der Waals surface area contributed by atoms with Crippen LogP contribution >= 0.6 is 0 Å². The number of nitrogens with zero attached hydrogens (tertiary/aromatic N) is 5. The van der Waals surface area contributed by atoms with Gasteiger partial charge in [0.15, 0.2) is 0 Å². The molecule has 0 bridgehead atoms. The van der Waals surface area contributed by atoms with E-state index in [4.69, 9.17) is 5.26 Å². The van der Waals surface area contributed by atoms with Crippen molar-refractivity contribution in [3.05, 3.63) is 35.9 Å². The quantitative estimate of drug-likeness (QED) is 0.597. The Kier molecular flexibility index (Phi) is 3.02. The summed E-state index contributed by atoms with van der Waals surface area (Å²) in [5.74, 6) is -0.432. The summed E-state index contributed by atoms with van der Waals surface area (Å²) in [6, 6.07) is 7.73. The minimum atomic E-state index is -0.471. The smallest absolute Gasteiger partial charge is 0.235 e. The largest absolute Gasteiger partial charge is 0.274 e. The van der Waals surface area contributed by atoms with Gasteiger partial charge in [0.05, 0.1) is 5.69 Å². The molecule has 0 fully saturated rings. The van der Waals surface area contributed by atoms with E-state index in [1.807, 2.05) is 0 Å². The minimum Gasteiger partial charge on any atom is -0.274 e. The van der Waals surface area contributed by atoms with E-state index in [1.165, 1.54) is 12.1 Å². The number of tetrazole rings is 1. The number of halogens is 1. The number of benzene rings is 1. The Bertz CT molecular complexity index is 569. The molecule has 0 aliphatic heterocycles. The molecule has 0 saturated heterocycles. The van der Waals surface area contributed by atoms with Crippen LogP contribution in [0.5, 0.6) is 0 Å². The summed E-state index contributed by atoms with van der Waals surface area (Å²) in [5, 5.41) is 25.2. The lowest BCUT2D eigenvalue weighted by molar-refractivity contribution is 0.630. The highest BCUT2D eigenvalue weighted by molar-refractivity contribution is 6.09. The van der Waals surface area contributed by atoms with Crippen molar-refractivity contribution < 1.29 is 4.39 Å². The predicted molar refractivity (Wildman–Crippen MR) is 56.4 cm³/mol. The molecule has 8 heteroatoms. The molecule has 0 radical (unpaired) electrons. The van der Waals surface area contributed by atoms with E-state index in [0.29, 0.717) is 0 Å². The molecular formula is C9H6FN7. The van der Waals surface area contributed by atoms with Crippen LogP contribution in [-0.2, 0) is 0 Å². The minimum absolute atomic E-state index is 0.0383. The monoisotopic (exact) mass is 231 g/mol. The molecular weight excluding hydrogens is 225 g/mol. The normalized spacial score (nSPS) is 10.9. The van der Waals surface area contributed by atoms with Gasteiger partial charge in [-0.05, 0) is 17.3 Å². The number of rotatable bonds is 3. The summed E-state index contributed by atoms with van der Waals surface area (Å²) in [5.41, 5.74) is 2.48. The number of hydrogen-bond donors (Lipinski definition) is 2. The number of hydrogen-bond acceptors (Lipinski definition) is 6. The number of nitriles is 1. The predicted octanol–water partition coefficient (Wildman–Crippen LogP) is 0.679. The van der Waals surface area contributed by atoms with E-state index in [-0.39, 0.29) is 17.2 Å². The molecule has 0 spiro atoms. The van der Waals surface area contributed by atoms with Crippen molar-refractivity contribution in [3.63, 3.8) is 0 Å². The number of para-hydroxylation sites is 1. The molecule has 1 aromatic carbocycles. The van der Waals surface area contributed by atoms with E-state index in [0.717, 1.165) is 0 Å². The maximum atomic E-state index is 13.2. The molecule has 1 heterocycles. The number of aromatic amines is 1. The van der Waals surface area contributed by atoms with E-state index < -0.39 is 5.82 Å². The van der Waals surface area contributed by atoms with Gasteiger partial charge >= 0.3 is 0 Å². The number of hydrazone groups is 1. The third-order valence-electron chi connectivity index (χ3n) is 1.83.